The predicted octanol–water partition coefficient (Wildman–Crippen LogP) is 1.47. The van der Waals surface area contributed by atoms with Crippen molar-refractivity contribution in [3.63, 3.8) is 0 Å². The predicted molar refractivity (Wildman–Crippen MR) is 74.7 cm³/mol. The zero-order valence-corrected chi connectivity index (χ0v) is 13.0. The minimum atomic E-state index is -4.88. The van der Waals surface area contributed by atoms with Gasteiger partial charge in [-0.05, 0) is 17.7 Å². The first kappa shape index (κ1) is 15.9. The van der Waals surface area contributed by atoms with Crippen LogP contribution in [0.2, 0.25) is 0 Å². The van der Waals surface area contributed by atoms with Gasteiger partial charge in [-0.15, -0.1) is 3.89 Å². The number of likely N-dealkylation sites (tertiary alicyclic amines) is 1. The molecule has 0 spiro atoms. The van der Waals surface area contributed by atoms with Crippen LogP contribution in [0.3, 0.4) is 0 Å². The number of carboxylic acid groups (broad SMARTS) is 1. The summed E-state index contributed by atoms with van der Waals surface area (Å²) in [6, 6.07) is 4.89. The van der Waals surface area contributed by atoms with E-state index < -0.39 is 46.4 Å². The van der Waals surface area contributed by atoms with Crippen LogP contribution in [0.1, 0.15) is 18.0 Å². The fourth-order valence-corrected chi connectivity index (χ4v) is 3.18. The highest BCUT2D eigenvalue weighted by Gasteiger charge is 2.43. The quantitative estimate of drug-likeness (QED) is 0.799. The molecule has 6 nitrogen and oxygen atoms in total. The van der Waals surface area contributed by atoms with Crippen LogP contribution in [-0.2, 0) is 19.8 Å². The van der Waals surface area contributed by atoms with Crippen LogP contribution in [0.15, 0.2) is 28.7 Å². The van der Waals surface area contributed by atoms with Gasteiger partial charge in [0.1, 0.15) is 5.25 Å². The van der Waals surface area contributed by atoms with Gasteiger partial charge in [-0.3, -0.25) is 4.79 Å². The van der Waals surface area contributed by atoms with Gasteiger partial charge < -0.3 is 10.0 Å². The molecule has 1 fully saturated rings. The van der Waals surface area contributed by atoms with Crippen molar-refractivity contribution < 1.29 is 27.0 Å². The van der Waals surface area contributed by atoms with E-state index in [2.05, 4.69) is 15.9 Å². The SMILES string of the molecule is O=C(O)C(c1ccc(Br)cc1)N1CC(S(=O)(=O)F)CC1=O. The van der Waals surface area contributed by atoms with Crippen molar-refractivity contribution in [2.75, 3.05) is 6.54 Å². The van der Waals surface area contributed by atoms with Crippen LogP contribution < -0.4 is 0 Å². The third kappa shape index (κ3) is 3.41. The number of halogens is 2. The van der Waals surface area contributed by atoms with Gasteiger partial charge in [0.05, 0.1) is 0 Å². The first-order chi connectivity index (χ1) is 9.70. The van der Waals surface area contributed by atoms with Crippen molar-refractivity contribution in [2.24, 2.45) is 0 Å². The van der Waals surface area contributed by atoms with E-state index >= 15 is 0 Å². The first-order valence-electron chi connectivity index (χ1n) is 5.91. The maximum Gasteiger partial charge on any atom is 0.331 e. The second kappa shape index (κ2) is 5.72. The normalized spacial score (nSPS) is 20.6. The highest BCUT2D eigenvalue weighted by atomic mass is 79.9. The van der Waals surface area contributed by atoms with E-state index in [0.717, 1.165) is 9.37 Å². The maximum absolute atomic E-state index is 13.0. The van der Waals surface area contributed by atoms with Gasteiger partial charge in [0.15, 0.2) is 6.04 Å². The number of hydrogen-bond donors (Lipinski definition) is 1. The number of aliphatic carboxylic acids is 1. The van der Waals surface area contributed by atoms with Crippen molar-refractivity contribution in [3.8, 4) is 0 Å². The fourth-order valence-electron chi connectivity index (χ4n) is 2.24. The first-order valence-corrected chi connectivity index (χ1v) is 8.15. The molecular formula is C12H11BrFNO5S. The second-order valence-electron chi connectivity index (χ2n) is 4.64. The summed E-state index contributed by atoms with van der Waals surface area (Å²) in [6.45, 7) is -0.468. The molecule has 1 N–H and O–H groups in total. The highest BCUT2D eigenvalue weighted by Crippen LogP contribution is 2.30. The van der Waals surface area contributed by atoms with Crippen molar-refractivity contribution >= 4 is 38.0 Å². The number of nitrogens with zero attached hydrogens (tertiary/aromatic N) is 1. The Balaban J connectivity index is 2.34. The van der Waals surface area contributed by atoms with Crippen molar-refractivity contribution in [2.45, 2.75) is 17.7 Å². The molecule has 1 aromatic rings. The van der Waals surface area contributed by atoms with Crippen LogP contribution in [0.4, 0.5) is 3.89 Å². The highest BCUT2D eigenvalue weighted by molar-refractivity contribution is 9.10. The lowest BCUT2D eigenvalue weighted by Crippen LogP contribution is -2.36. The molecule has 1 heterocycles. The number of hydrogen-bond acceptors (Lipinski definition) is 4. The fraction of sp³-hybridized carbons (Fsp3) is 0.333. The number of carbonyl (C=O) groups excluding carboxylic acids is 1. The Morgan fingerprint density at radius 1 is 1.38 bits per heavy atom. The van der Waals surface area contributed by atoms with E-state index in [9.17, 15) is 27.0 Å². The average molecular weight is 380 g/mol. The van der Waals surface area contributed by atoms with Gasteiger partial charge in [0.25, 0.3) is 0 Å². The molecule has 2 atom stereocenters. The lowest BCUT2D eigenvalue weighted by Gasteiger charge is -2.24. The summed E-state index contributed by atoms with van der Waals surface area (Å²) in [5, 5.41) is 7.80. The Morgan fingerprint density at radius 2 is 1.95 bits per heavy atom. The molecule has 21 heavy (non-hydrogen) atoms. The third-order valence-corrected chi connectivity index (χ3v) is 4.89. The topological polar surface area (TPSA) is 91.8 Å². The van der Waals surface area contributed by atoms with Gasteiger partial charge in [-0.25, -0.2) is 4.79 Å². The average Bonchev–Trinajstić information content (AvgIpc) is 2.74. The minimum Gasteiger partial charge on any atom is -0.479 e. The van der Waals surface area contributed by atoms with E-state index in [1.807, 2.05) is 0 Å². The lowest BCUT2D eigenvalue weighted by molar-refractivity contribution is -0.148. The number of amides is 1. The Hall–Kier alpha value is -1.48. The Kier molecular flexibility index (Phi) is 4.33. The molecule has 0 radical (unpaired) electrons. The molecule has 1 saturated heterocycles. The molecule has 1 aliphatic rings. The largest absolute Gasteiger partial charge is 0.479 e. The van der Waals surface area contributed by atoms with E-state index in [-0.39, 0.29) is 0 Å². The lowest BCUT2D eigenvalue weighted by atomic mass is 10.1. The monoisotopic (exact) mass is 379 g/mol. The molecule has 1 aromatic carbocycles. The molecule has 0 aliphatic carbocycles. The molecule has 0 bridgehead atoms. The van der Waals surface area contributed by atoms with Crippen LogP contribution in [0.5, 0.6) is 0 Å². The summed E-state index contributed by atoms with van der Waals surface area (Å²) in [5.74, 6) is -2.00. The van der Waals surface area contributed by atoms with E-state index in [1.165, 1.54) is 12.1 Å². The van der Waals surface area contributed by atoms with Crippen molar-refractivity contribution in [1.82, 2.24) is 4.90 Å². The van der Waals surface area contributed by atoms with Gasteiger partial charge in [-0.1, -0.05) is 28.1 Å². The van der Waals surface area contributed by atoms with E-state index in [4.69, 9.17) is 0 Å². The molecule has 0 saturated carbocycles. The standard InChI is InChI=1S/C12H11BrFNO5S/c13-8-3-1-7(2-4-8)11(12(17)18)15-6-9(5-10(15)16)21(14,19)20/h1-4,9,11H,5-6H2,(H,17,18). The van der Waals surface area contributed by atoms with Gasteiger partial charge in [-0.2, -0.15) is 8.42 Å². The summed E-state index contributed by atoms with van der Waals surface area (Å²) < 4.78 is 35.5. The third-order valence-electron chi connectivity index (χ3n) is 3.25. The smallest absolute Gasteiger partial charge is 0.331 e. The van der Waals surface area contributed by atoms with Crippen LogP contribution in [0.25, 0.3) is 0 Å². The van der Waals surface area contributed by atoms with Crippen LogP contribution in [0, 0.1) is 0 Å². The molecule has 114 valence electrons. The molecule has 2 rings (SSSR count). The second-order valence-corrected chi connectivity index (χ2v) is 7.17. The number of carbonyl (C=O) groups is 2. The van der Waals surface area contributed by atoms with Gasteiger partial charge in [0.2, 0.25) is 5.91 Å². The van der Waals surface area contributed by atoms with E-state index in [0.29, 0.717) is 5.56 Å². The maximum atomic E-state index is 13.0. The van der Waals surface area contributed by atoms with Crippen molar-refractivity contribution in [3.05, 3.63) is 34.3 Å². The Labute approximate surface area is 128 Å². The van der Waals surface area contributed by atoms with Crippen molar-refractivity contribution in [1.29, 1.82) is 0 Å². The number of carboxylic acids is 1. The summed E-state index contributed by atoms with van der Waals surface area (Å²) in [6.07, 6.45) is -0.543. The zero-order chi connectivity index (χ0) is 15.8. The Morgan fingerprint density at radius 3 is 2.38 bits per heavy atom. The number of benzene rings is 1. The summed E-state index contributed by atoms with van der Waals surface area (Å²) >= 11 is 3.21. The van der Waals surface area contributed by atoms with Crippen LogP contribution >= 0.6 is 15.9 Å². The van der Waals surface area contributed by atoms with Crippen LogP contribution in [-0.4, -0.2) is 42.1 Å². The summed E-state index contributed by atoms with van der Waals surface area (Å²) in [4.78, 5) is 24.1. The van der Waals surface area contributed by atoms with Gasteiger partial charge >= 0.3 is 16.2 Å². The molecule has 0 aromatic heterocycles. The zero-order valence-electron chi connectivity index (χ0n) is 10.6. The van der Waals surface area contributed by atoms with Gasteiger partial charge in [0, 0.05) is 17.4 Å². The Bertz CT molecular complexity index is 675. The molecule has 9 heteroatoms. The number of rotatable bonds is 4. The minimum absolute atomic E-state index is 0.316. The summed E-state index contributed by atoms with van der Waals surface area (Å²) in [7, 11) is -4.88. The molecule has 2 unspecified atom stereocenters. The molecule has 1 aliphatic heterocycles. The summed E-state index contributed by atoms with van der Waals surface area (Å²) in [5.41, 5.74) is 0.316. The molecule has 1 amide bonds. The van der Waals surface area contributed by atoms with E-state index in [1.54, 1.807) is 12.1 Å². The molecular weight excluding hydrogens is 369 g/mol.